The number of esters is 1. The molecule has 0 aromatic heterocycles. The van der Waals surface area contributed by atoms with Crippen LogP contribution < -0.4 is 10.2 Å². The molecule has 1 heterocycles. The van der Waals surface area contributed by atoms with Crippen LogP contribution in [0.2, 0.25) is 0 Å². The normalized spacial score (nSPS) is 13.8. The Morgan fingerprint density at radius 3 is 2.23 bits per heavy atom. The van der Waals surface area contributed by atoms with Crippen molar-refractivity contribution in [1.29, 1.82) is 0 Å². The van der Waals surface area contributed by atoms with E-state index in [9.17, 15) is 22.8 Å². The van der Waals surface area contributed by atoms with Gasteiger partial charge in [0.1, 0.15) is 6.61 Å². The lowest BCUT2D eigenvalue weighted by Crippen LogP contribution is -2.21. The molecular weight excluding hydrogens is 413 g/mol. The number of rotatable bonds is 8. The van der Waals surface area contributed by atoms with Gasteiger partial charge in [-0.05, 0) is 54.8 Å². The van der Waals surface area contributed by atoms with Crippen LogP contribution in [0.15, 0.2) is 48.5 Å². The maximum atomic E-state index is 12.1. The van der Waals surface area contributed by atoms with E-state index >= 15 is 0 Å². The number of hydrogen-bond acceptors (Lipinski definition) is 5. The van der Waals surface area contributed by atoms with Crippen molar-refractivity contribution in [3.8, 4) is 0 Å². The SMILES string of the molecule is O=C(COC(=O)c1ccc(COCC(F)(F)F)cc1)Nc1ccc(N2CCCC2)cc1. The van der Waals surface area contributed by atoms with Crippen molar-refractivity contribution in [1.82, 2.24) is 0 Å². The highest BCUT2D eigenvalue weighted by atomic mass is 19.4. The molecule has 9 heteroatoms. The smallest absolute Gasteiger partial charge is 0.411 e. The Kier molecular flexibility index (Phi) is 7.51. The molecule has 0 unspecified atom stereocenters. The summed E-state index contributed by atoms with van der Waals surface area (Å²) in [6.07, 6.45) is -2.03. The Morgan fingerprint density at radius 1 is 0.968 bits per heavy atom. The number of anilines is 2. The highest BCUT2D eigenvalue weighted by Gasteiger charge is 2.27. The van der Waals surface area contributed by atoms with Crippen molar-refractivity contribution in [2.45, 2.75) is 25.6 Å². The molecule has 0 saturated carbocycles. The predicted molar refractivity (Wildman–Crippen MR) is 109 cm³/mol. The van der Waals surface area contributed by atoms with Crippen LogP contribution in [0.5, 0.6) is 0 Å². The first-order valence-corrected chi connectivity index (χ1v) is 9.85. The molecule has 1 saturated heterocycles. The summed E-state index contributed by atoms with van der Waals surface area (Å²) in [5.74, 6) is -1.18. The molecular formula is C22H23F3N2O4. The summed E-state index contributed by atoms with van der Waals surface area (Å²) in [6.45, 7) is 0.0380. The second-order valence-corrected chi connectivity index (χ2v) is 7.17. The van der Waals surface area contributed by atoms with Crippen molar-refractivity contribution < 1.29 is 32.2 Å². The third kappa shape index (κ3) is 7.29. The van der Waals surface area contributed by atoms with E-state index in [-0.39, 0.29) is 12.2 Å². The number of ether oxygens (including phenoxy) is 2. The van der Waals surface area contributed by atoms with Crippen molar-refractivity contribution in [2.24, 2.45) is 0 Å². The quantitative estimate of drug-likeness (QED) is 0.630. The highest BCUT2D eigenvalue weighted by Crippen LogP contribution is 2.22. The number of carbonyl (C=O) groups excluding carboxylic acids is 2. The van der Waals surface area contributed by atoms with Gasteiger partial charge in [-0.2, -0.15) is 13.2 Å². The summed E-state index contributed by atoms with van der Waals surface area (Å²) >= 11 is 0. The topological polar surface area (TPSA) is 67.9 Å². The minimum Gasteiger partial charge on any atom is -0.452 e. The second kappa shape index (κ2) is 10.3. The molecule has 6 nitrogen and oxygen atoms in total. The average molecular weight is 436 g/mol. The Morgan fingerprint density at radius 2 is 1.61 bits per heavy atom. The summed E-state index contributed by atoms with van der Waals surface area (Å²) in [4.78, 5) is 26.4. The molecule has 0 spiro atoms. The lowest BCUT2D eigenvalue weighted by atomic mass is 10.1. The molecule has 1 aliphatic heterocycles. The minimum atomic E-state index is -4.39. The average Bonchev–Trinajstić information content (AvgIpc) is 3.27. The van der Waals surface area contributed by atoms with Crippen molar-refractivity contribution in [2.75, 3.05) is 36.5 Å². The molecule has 0 atom stereocenters. The first kappa shape index (κ1) is 22.6. The van der Waals surface area contributed by atoms with Crippen LogP contribution in [-0.2, 0) is 20.9 Å². The summed E-state index contributed by atoms with van der Waals surface area (Å²) < 4.78 is 45.8. The van der Waals surface area contributed by atoms with Gasteiger partial charge in [0.05, 0.1) is 12.2 Å². The second-order valence-electron chi connectivity index (χ2n) is 7.17. The van der Waals surface area contributed by atoms with Crippen LogP contribution in [0.1, 0.15) is 28.8 Å². The molecule has 2 aromatic carbocycles. The fourth-order valence-corrected chi connectivity index (χ4v) is 3.16. The van der Waals surface area contributed by atoms with Gasteiger partial charge >= 0.3 is 12.1 Å². The number of nitrogens with one attached hydrogen (secondary N) is 1. The number of amides is 1. The molecule has 0 bridgehead atoms. The number of carbonyl (C=O) groups is 2. The highest BCUT2D eigenvalue weighted by molar-refractivity contribution is 5.95. The molecule has 1 N–H and O–H groups in total. The zero-order chi connectivity index (χ0) is 22.3. The first-order valence-electron chi connectivity index (χ1n) is 9.85. The number of alkyl halides is 3. The van der Waals surface area contributed by atoms with E-state index in [2.05, 4.69) is 15.0 Å². The number of benzene rings is 2. The zero-order valence-corrected chi connectivity index (χ0v) is 16.8. The van der Waals surface area contributed by atoms with Crippen LogP contribution in [-0.4, -0.2) is 44.4 Å². The van der Waals surface area contributed by atoms with Crippen molar-refractivity contribution in [3.63, 3.8) is 0 Å². The van der Waals surface area contributed by atoms with E-state index in [4.69, 9.17) is 4.74 Å². The van der Waals surface area contributed by atoms with Gasteiger partial charge in [-0.15, -0.1) is 0 Å². The third-order valence-electron chi connectivity index (χ3n) is 4.68. The van der Waals surface area contributed by atoms with Gasteiger partial charge < -0.3 is 19.7 Å². The molecule has 166 valence electrons. The van der Waals surface area contributed by atoms with Gasteiger partial charge in [0.25, 0.3) is 5.91 Å². The molecule has 0 aliphatic carbocycles. The van der Waals surface area contributed by atoms with Crippen molar-refractivity contribution in [3.05, 3.63) is 59.7 Å². The molecule has 1 aliphatic rings. The summed E-state index contributed by atoms with van der Waals surface area (Å²) in [7, 11) is 0. The first-order chi connectivity index (χ1) is 14.8. The summed E-state index contributed by atoms with van der Waals surface area (Å²) in [6, 6.07) is 13.2. The number of hydrogen-bond donors (Lipinski definition) is 1. The lowest BCUT2D eigenvalue weighted by molar-refractivity contribution is -0.176. The van der Waals surface area contributed by atoms with Gasteiger partial charge in [0.2, 0.25) is 0 Å². The van der Waals surface area contributed by atoms with Crippen LogP contribution in [0.25, 0.3) is 0 Å². The number of halogens is 3. The third-order valence-corrected chi connectivity index (χ3v) is 4.68. The maximum absolute atomic E-state index is 12.1. The Balaban J connectivity index is 1.41. The Hall–Kier alpha value is -3.07. The fourth-order valence-electron chi connectivity index (χ4n) is 3.16. The van der Waals surface area contributed by atoms with E-state index in [1.807, 2.05) is 12.1 Å². The number of nitrogens with zero attached hydrogens (tertiary/aromatic N) is 1. The summed E-state index contributed by atoms with van der Waals surface area (Å²) in [5, 5.41) is 2.67. The lowest BCUT2D eigenvalue weighted by Gasteiger charge is -2.17. The van der Waals surface area contributed by atoms with Crippen LogP contribution in [0.3, 0.4) is 0 Å². The minimum absolute atomic E-state index is 0.183. The fraction of sp³-hybridized carbons (Fsp3) is 0.364. The van der Waals surface area contributed by atoms with Gasteiger partial charge in [0, 0.05) is 24.5 Å². The standard InChI is InChI=1S/C22H23F3N2O4/c23-22(24,25)15-30-13-16-3-5-17(6-4-16)21(29)31-14-20(28)26-18-7-9-19(10-8-18)27-11-1-2-12-27/h3-10H,1-2,11-15H2,(H,26,28). The van der Waals surface area contributed by atoms with E-state index < -0.39 is 31.3 Å². The monoisotopic (exact) mass is 436 g/mol. The molecule has 1 amide bonds. The molecule has 0 radical (unpaired) electrons. The van der Waals surface area contributed by atoms with Crippen LogP contribution in [0.4, 0.5) is 24.5 Å². The predicted octanol–water partition coefficient (Wildman–Crippen LogP) is 4.16. The van der Waals surface area contributed by atoms with Gasteiger partial charge in [0.15, 0.2) is 6.61 Å². The largest absolute Gasteiger partial charge is 0.452 e. The molecule has 1 fully saturated rings. The Labute approximate surface area is 177 Å². The molecule has 2 aromatic rings. The maximum Gasteiger partial charge on any atom is 0.411 e. The van der Waals surface area contributed by atoms with E-state index in [1.165, 1.54) is 37.1 Å². The zero-order valence-electron chi connectivity index (χ0n) is 16.8. The van der Waals surface area contributed by atoms with Crippen molar-refractivity contribution >= 4 is 23.3 Å². The summed E-state index contributed by atoms with van der Waals surface area (Å²) in [5.41, 5.74) is 2.37. The van der Waals surface area contributed by atoms with E-state index in [0.29, 0.717) is 11.3 Å². The molecule has 3 rings (SSSR count). The Bertz CT molecular complexity index is 877. The van der Waals surface area contributed by atoms with Gasteiger partial charge in [-0.3, -0.25) is 4.79 Å². The van der Waals surface area contributed by atoms with E-state index in [0.717, 1.165) is 18.8 Å². The van der Waals surface area contributed by atoms with Gasteiger partial charge in [-0.1, -0.05) is 12.1 Å². The van der Waals surface area contributed by atoms with Crippen LogP contribution >= 0.6 is 0 Å². The van der Waals surface area contributed by atoms with Crippen LogP contribution in [0, 0.1) is 0 Å². The molecule has 31 heavy (non-hydrogen) atoms. The van der Waals surface area contributed by atoms with E-state index in [1.54, 1.807) is 12.1 Å². The van der Waals surface area contributed by atoms with Gasteiger partial charge in [-0.25, -0.2) is 4.79 Å².